The molecule has 0 aromatic heterocycles. The Labute approximate surface area is 105 Å². The minimum absolute atomic E-state index is 0.0360. The molecule has 0 saturated carbocycles. The second-order valence-electron chi connectivity index (χ2n) is 5.39. The zero-order chi connectivity index (χ0) is 13.5. The molecule has 0 aromatic rings. The van der Waals surface area contributed by atoms with Gasteiger partial charge in [0.05, 0.1) is 12.1 Å². The molecule has 0 spiro atoms. The Morgan fingerprint density at radius 1 is 1.35 bits per heavy atom. The van der Waals surface area contributed by atoms with Crippen molar-refractivity contribution < 1.29 is 9.90 Å². The molecule has 4 heteroatoms. The van der Waals surface area contributed by atoms with E-state index < -0.39 is 0 Å². The summed E-state index contributed by atoms with van der Waals surface area (Å²) in [6, 6.07) is -0.185. The van der Waals surface area contributed by atoms with Crippen molar-refractivity contribution in [1.82, 2.24) is 10.6 Å². The van der Waals surface area contributed by atoms with E-state index in [9.17, 15) is 4.79 Å². The Kier molecular flexibility index (Phi) is 7.39. The van der Waals surface area contributed by atoms with Gasteiger partial charge in [0.1, 0.15) is 0 Å². The topological polar surface area (TPSA) is 61.4 Å². The van der Waals surface area contributed by atoms with Crippen LogP contribution in [0.3, 0.4) is 0 Å². The van der Waals surface area contributed by atoms with E-state index in [1.807, 2.05) is 20.8 Å². The molecule has 2 atom stereocenters. The molecule has 0 heterocycles. The molecular formula is C13H28N2O2. The molecule has 0 radical (unpaired) electrons. The van der Waals surface area contributed by atoms with E-state index in [0.717, 1.165) is 25.8 Å². The molecular weight excluding hydrogens is 216 g/mol. The number of nitrogens with one attached hydrogen (secondary N) is 2. The van der Waals surface area contributed by atoms with Gasteiger partial charge in [0.15, 0.2) is 0 Å². The Balaban J connectivity index is 3.82. The van der Waals surface area contributed by atoms with Crippen LogP contribution in [0.2, 0.25) is 0 Å². The fraction of sp³-hybridized carbons (Fsp3) is 0.923. The van der Waals surface area contributed by atoms with Gasteiger partial charge in [0.2, 0.25) is 5.91 Å². The van der Waals surface area contributed by atoms with Gasteiger partial charge in [-0.2, -0.15) is 0 Å². The molecule has 0 rings (SSSR count). The second kappa shape index (κ2) is 7.67. The first-order chi connectivity index (χ1) is 7.78. The first kappa shape index (κ1) is 16.4. The highest BCUT2D eigenvalue weighted by molar-refractivity contribution is 5.81. The lowest BCUT2D eigenvalue weighted by Gasteiger charge is -2.26. The van der Waals surface area contributed by atoms with Crippen LogP contribution in [0.1, 0.15) is 53.9 Å². The third-order valence-electron chi connectivity index (χ3n) is 2.99. The summed E-state index contributed by atoms with van der Waals surface area (Å²) in [5.74, 6) is 0.0360. The summed E-state index contributed by atoms with van der Waals surface area (Å²) in [5.41, 5.74) is -0.146. The van der Waals surface area contributed by atoms with Gasteiger partial charge in [-0.25, -0.2) is 0 Å². The maximum absolute atomic E-state index is 11.8. The van der Waals surface area contributed by atoms with Gasteiger partial charge in [0, 0.05) is 5.54 Å². The summed E-state index contributed by atoms with van der Waals surface area (Å²) in [7, 11) is 0. The molecule has 0 aromatic carbocycles. The molecule has 0 fully saturated rings. The van der Waals surface area contributed by atoms with E-state index in [1.54, 1.807) is 6.92 Å². The van der Waals surface area contributed by atoms with Crippen LogP contribution < -0.4 is 10.6 Å². The van der Waals surface area contributed by atoms with Crippen LogP contribution in [0.25, 0.3) is 0 Å². The standard InChI is InChI=1S/C13H28N2O2/c1-6-13(4,5)15-12(17)11(3)14-9-7-8-10(2)16/h10-11,14,16H,6-9H2,1-5H3,(H,15,17). The zero-order valence-electron chi connectivity index (χ0n) is 11.8. The van der Waals surface area contributed by atoms with Crippen molar-refractivity contribution >= 4 is 5.91 Å². The average molecular weight is 244 g/mol. The molecule has 102 valence electrons. The molecule has 1 amide bonds. The maximum atomic E-state index is 11.8. The molecule has 0 aliphatic carbocycles. The third kappa shape index (κ3) is 8.16. The smallest absolute Gasteiger partial charge is 0.237 e. The first-order valence-electron chi connectivity index (χ1n) is 6.52. The van der Waals surface area contributed by atoms with E-state index in [0.29, 0.717) is 0 Å². The van der Waals surface area contributed by atoms with Crippen LogP contribution in [-0.4, -0.2) is 35.2 Å². The largest absolute Gasteiger partial charge is 0.393 e. The van der Waals surface area contributed by atoms with E-state index in [4.69, 9.17) is 5.11 Å². The maximum Gasteiger partial charge on any atom is 0.237 e. The number of rotatable bonds is 8. The summed E-state index contributed by atoms with van der Waals surface area (Å²) in [6.45, 7) is 10.5. The van der Waals surface area contributed by atoms with Crippen LogP contribution in [0.5, 0.6) is 0 Å². The third-order valence-corrected chi connectivity index (χ3v) is 2.99. The van der Waals surface area contributed by atoms with Gasteiger partial charge in [-0.05, 0) is 53.5 Å². The zero-order valence-corrected chi connectivity index (χ0v) is 11.8. The van der Waals surface area contributed by atoms with Crippen molar-refractivity contribution in [3.63, 3.8) is 0 Å². The van der Waals surface area contributed by atoms with E-state index in [-0.39, 0.29) is 23.6 Å². The van der Waals surface area contributed by atoms with Crippen molar-refractivity contribution in [2.45, 2.75) is 71.6 Å². The Bertz CT molecular complexity index is 227. The quantitative estimate of drug-likeness (QED) is 0.566. The minimum atomic E-state index is -0.264. The van der Waals surface area contributed by atoms with Crippen LogP contribution >= 0.6 is 0 Å². The summed E-state index contributed by atoms with van der Waals surface area (Å²) in [4.78, 5) is 11.8. The number of carbonyl (C=O) groups is 1. The van der Waals surface area contributed by atoms with Gasteiger partial charge in [-0.15, -0.1) is 0 Å². The van der Waals surface area contributed by atoms with Crippen molar-refractivity contribution in [1.29, 1.82) is 0 Å². The van der Waals surface area contributed by atoms with Crippen molar-refractivity contribution in [2.75, 3.05) is 6.54 Å². The summed E-state index contributed by atoms with van der Waals surface area (Å²) >= 11 is 0. The first-order valence-corrected chi connectivity index (χ1v) is 6.52. The molecule has 0 aliphatic rings. The SMILES string of the molecule is CCC(C)(C)NC(=O)C(C)NCCCC(C)O. The Hall–Kier alpha value is -0.610. The number of aliphatic hydroxyl groups excluding tert-OH is 1. The van der Waals surface area contributed by atoms with Crippen LogP contribution in [0, 0.1) is 0 Å². The van der Waals surface area contributed by atoms with Crippen molar-refractivity contribution in [2.24, 2.45) is 0 Å². The van der Waals surface area contributed by atoms with Gasteiger partial charge in [-0.1, -0.05) is 6.92 Å². The number of aliphatic hydroxyl groups is 1. The lowest BCUT2D eigenvalue weighted by molar-refractivity contribution is -0.124. The van der Waals surface area contributed by atoms with Crippen LogP contribution in [0.15, 0.2) is 0 Å². The van der Waals surface area contributed by atoms with Gasteiger partial charge in [0.25, 0.3) is 0 Å². The summed E-state index contributed by atoms with van der Waals surface area (Å²) in [6.07, 6.45) is 2.29. The number of hydrogen-bond acceptors (Lipinski definition) is 3. The fourth-order valence-electron chi connectivity index (χ4n) is 1.34. The number of amides is 1. The molecule has 0 bridgehead atoms. The highest BCUT2D eigenvalue weighted by Gasteiger charge is 2.21. The molecule has 17 heavy (non-hydrogen) atoms. The fourth-order valence-corrected chi connectivity index (χ4v) is 1.34. The van der Waals surface area contributed by atoms with Gasteiger partial charge >= 0.3 is 0 Å². The second-order valence-corrected chi connectivity index (χ2v) is 5.39. The lowest BCUT2D eigenvalue weighted by atomic mass is 10.0. The predicted octanol–water partition coefficient (Wildman–Crippen LogP) is 1.43. The molecule has 2 unspecified atom stereocenters. The summed E-state index contributed by atoms with van der Waals surface area (Å²) < 4.78 is 0. The van der Waals surface area contributed by atoms with E-state index >= 15 is 0 Å². The van der Waals surface area contributed by atoms with Gasteiger partial charge < -0.3 is 15.7 Å². The molecule has 0 saturated heterocycles. The highest BCUT2D eigenvalue weighted by atomic mass is 16.3. The van der Waals surface area contributed by atoms with Gasteiger partial charge in [-0.3, -0.25) is 4.79 Å². The van der Waals surface area contributed by atoms with Crippen molar-refractivity contribution in [3.05, 3.63) is 0 Å². The van der Waals surface area contributed by atoms with E-state index in [2.05, 4.69) is 17.6 Å². The number of hydrogen-bond donors (Lipinski definition) is 3. The molecule has 3 N–H and O–H groups in total. The molecule has 0 aliphatic heterocycles. The monoisotopic (exact) mass is 244 g/mol. The summed E-state index contributed by atoms with van der Waals surface area (Å²) in [5, 5.41) is 15.3. The average Bonchev–Trinajstić information content (AvgIpc) is 2.23. The number of carbonyl (C=O) groups excluding carboxylic acids is 1. The normalized spacial score (nSPS) is 15.4. The Morgan fingerprint density at radius 2 is 1.94 bits per heavy atom. The van der Waals surface area contributed by atoms with Crippen molar-refractivity contribution in [3.8, 4) is 0 Å². The van der Waals surface area contributed by atoms with Crippen LogP contribution in [-0.2, 0) is 4.79 Å². The van der Waals surface area contributed by atoms with Crippen LogP contribution in [0.4, 0.5) is 0 Å². The molecule has 4 nitrogen and oxygen atoms in total. The predicted molar refractivity (Wildman–Crippen MR) is 70.9 cm³/mol. The minimum Gasteiger partial charge on any atom is -0.393 e. The van der Waals surface area contributed by atoms with E-state index in [1.165, 1.54) is 0 Å². The Morgan fingerprint density at radius 3 is 2.41 bits per heavy atom. The highest BCUT2D eigenvalue weighted by Crippen LogP contribution is 2.07. The lowest BCUT2D eigenvalue weighted by Crippen LogP contribution is -2.50.